The summed E-state index contributed by atoms with van der Waals surface area (Å²) in [5.41, 5.74) is -0.211. The highest BCUT2D eigenvalue weighted by Gasteiger charge is 2.25. The van der Waals surface area contributed by atoms with E-state index in [1.165, 1.54) is 36.3 Å². The summed E-state index contributed by atoms with van der Waals surface area (Å²) in [6.45, 7) is 7.39. The zero-order valence-electron chi connectivity index (χ0n) is 25.1. The van der Waals surface area contributed by atoms with Crippen LogP contribution in [0, 0.1) is 0 Å². The molecule has 0 fully saturated rings. The molecule has 0 saturated carbocycles. The SMILES string of the molecule is CCCCCCCCc1cc2cn(C/C=C/CP(=O)(OCOC(=O)OC(C)C)OCOC(=O)OC(C)C)c(=O)nc2o1. The van der Waals surface area contributed by atoms with E-state index in [0.717, 1.165) is 25.0 Å². The van der Waals surface area contributed by atoms with Crippen molar-refractivity contribution in [3.05, 3.63) is 40.7 Å². The molecule has 0 atom stereocenters. The predicted molar refractivity (Wildman–Crippen MR) is 154 cm³/mol. The van der Waals surface area contributed by atoms with Crippen molar-refractivity contribution in [2.75, 3.05) is 19.7 Å². The number of aromatic nitrogens is 2. The van der Waals surface area contributed by atoms with Gasteiger partial charge in [0.05, 0.1) is 23.8 Å². The van der Waals surface area contributed by atoms with E-state index >= 15 is 0 Å². The van der Waals surface area contributed by atoms with Gasteiger partial charge in [0.15, 0.2) is 0 Å². The third-order valence-corrected chi connectivity index (χ3v) is 7.28. The summed E-state index contributed by atoms with van der Waals surface area (Å²) >= 11 is 0. The van der Waals surface area contributed by atoms with E-state index in [2.05, 4.69) is 11.9 Å². The molecule has 0 radical (unpaired) electrons. The van der Waals surface area contributed by atoms with Crippen LogP contribution in [0.3, 0.4) is 0 Å². The highest BCUT2D eigenvalue weighted by atomic mass is 31.2. The van der Waals surface area contributed by atoms with Crippen LogP contribution < -0.4 is 5.69 Å². The molecule has 0 amide bonds. The Morgan fingerprint density at radius 3 is 2.14 bits per heavy atom. The fourth-order valence-electron chi connectivity index (χ4n) is 3.63. The van der Waals surface area contributed by atoms with Crippen molar-refractivity contribution in [1.29, 1.82) is 0 Å². The van der Waals surface area contributed by atoms with Gasteiger partial charge in [-0.1, -0.05) is 51.2 Å². The number of hydrogen-bond acceptors (Lipinski definition) is 12. The van der Waals surface area contributed by atoms with Gasteiger partial charge in [0.1, 0.15) is 5.76 Å². The molecule has 0 aliphatic rings. The van der Waals surface area contributed by atoms with Gasteiger partial charge in [0, 0.05) is 19.2 Å². The van der Waals surface area contributed by atoms with Gasteiger partial charge < -0.3 is 23.4 Å². The number of allylic oxidation sites excluding steroid dienone is 2. The molecular weight excluding hydrogens is 571 g/mol. The second-order valence-electron chi connectivity index (χ2n) is 10.0. The minimum atomic E-state index is -3.96. The van der Waals surface area contributed by atoms with Crippen LogP contribution in [0.2, 0.25) is 0 Å². The molecule has 14 heteroatoms. The van der Waals surface area contributed by atoms with Crippen LogP contribution in [0.5, 0.6) is 0 Å². The third kappa shape index (κ3) is 13.7. The normalized spacial score (nSPS) is 12.0. The standard InChI is InChI=1S/C28H43N2O11P/c1-6-7-8-9-10-11-14-24-17-23-18-30(26(31)29-25(23)41-24)15-12-13-16-42(34,37-19-35-27(32)39-21(2)3)38-20-36-28(33)40-22(4)5/h12-13,17-18,21-22H,6-11,14-16,19-20H2,1-5H3/b13-12+. The number of nitrogens with zero attached hydrogens (tertiary/aromatic N) is 2. The second kappa shape index (κ2) is 18.4. The van der Waals surface area contributed by atoms with Crippen LogP contribution in [0.4, 0.5) is 9.59 Å². The predicted octanol–water partition coefficient (Wildman–Crippen LogP) is 6.71. The second-order valence-corrected chi connectivity index (χ2v) is 12.2. The van der Waals surface area contributed by atoms with Crippen molar-refractivity contribution in [2.24, 2.45) is 0 Å². The average molecular weight is 615 g/mol. The number of carbonyl (C=O) groups is 2. The van der Waals surface area contributed by atoms with Crippen molar-refractivity contribution in [2.45, 2.75) is 98.3 Å². The van der Waals surface area contributed by atoms with Crippen LogP contribution >= 0.6 is 7.60 Å². The Labute approximate surface area is 246 Å². The van der Waals surface area contributed by atoms with Crippen molar-refractivity contribution in [3.8, 4) is 0 Å². The van der Waals surface area contributed by atoms with Crippen LogP contribution in [-0.4, -0.2) is 53.8 Å². The number of rotatable bonds is 19. The molecule has 0 unspecified atom stereocenters. The summed E-state index contributed by atoms with van der Waals surface area (Å²) in [4.78, 5) is 39.7. The Hall–Kier alpha value is -3.15. The molecule has 0 bridgehead atoms. The van der Waals surface area contributed by atoms with Gasteiger partial charge in [-0.05, 0) is 40.2 Å². The molecule has 0 aliphatic carbocycles. The minimum absolute atomic E-state index is 0.119. The van der Waals surface area contributed by atoms with E-state index in [1.807, 2.05) is 6.07 Å². The lowest BCUT2D eigenvalue weighted by Gasteiger charge is -2.17. The van der Waals surface area contributed by atoms with Crippen molar-refractivity contribution in [1.82, 2.24) is 9.55 Å². The summed E-state index contributed by atoms with van der Waals surface area (Å²) in [6.07, 6.45) is 9.35. The highest BCUT2D eigenvalue weighted by molar-refractivity contribution is 7.54. The maximum Gasteiger partial charge on any atom is 0.510 e. The van der Waals surface area contributed by atoms with Gasteiger partial charge in [-0.25, -0.2) is 14.4 Å². The Morgan fingerprint density at radius 2 is 1.55 bits per heavy atom. The summed E-state index contributed by atoms with van der Waals surface area (Å²) in [5, 5.41) is 0.706. The number of furan rings is 1. The monoisotopic (exact) mass is 614 g/mol. The van der Waals surface area contributed by atoms with Crippen molar-refractivity contribution >= 4 is 31.0 Å². The molecule has 2 rings (SSSR count). The van der Waals surface area contributed by atoms with Crippen LogP contribution in [0.15, 0.2) is 33.6 Å². The molecule has 42 heavy (non-hydrogen) atoms. The van der Waals surface area contributed by atoms with E-state index in [0.29, 0.717) is 11.1 Å². The topological polar surface area (TPSA) is 155 Å². The van der Waals surface area contributed by atoms with Gasteiger partial charge in [0.2, 0.25) is 19.3 Å². The first kappa shape index (κ1) is 35.0. The first-order valence-corrected chi connectivity index (χ1v) is 15.9. The van der Waals surface area contributed by atoms with E-state index in [9.17, 15) is 18.9 Å². The summed E-state index contributed by atoms with van der Waals surface area (Å²) in [7, 11) is -3.96. The number of aryl methyl sites for hydroxylation is 1. The first-order valence-electron chi connectivity index (χ1n) is 14.2. The van der Waals surface area contributed by atoms with Gasteiger partial charge in [-0.3, -0.25) is 18.2 Å². The number of unbranched alkanes of at least 4 members (excludes halogenated alkanes) is 5. The molecule has 236 valence electrons. The van der Waals surface area contributed by atoms with Crippen LogP contribution in [-0.2, 0) is 45.5 Å². The number of fused-ring (bicyclic) bond motifs is 1. The fraction of sp³-hybridized carbons (Fsp3) is 0.643. The molecule has 2 aromatic rings. The minimum Gasteiger partial charge on any atom is -0.443 e. The van der Waals surface area contributed by atoms with E-state index < -0.39 is 51.4 Å². The summed E-state index contributed by atoms with van der Waals surface area (Å²) in [5.74, 6) is 0.787. The molecule has 0 aromatic carbocycles. The number of hydrogen-bond donors (Lipinski definition) is 0. The molecule has 0 spiro atoms. The van der Waals surface area contributed by atoms with E-state index in [-0.39, 0.29) is 12.7 Å². The first-order chi connectivity index (χ1) is 20.0. The lowest BCUT2D eigenvalue weighted by molar-refractivity contribution is -0.0298. The molecule has 13 nitrogen and oxygen atoms in total. The molecule has 0 aliphatic heterocycles. The maximum absolute atomic E-state index is 13.2. The van der Waals surface area contributed by atoms with Gasteiger partial charge in [-0.2, -0.15) is 4.98 Å². The molecule has 2 aromatic heterocycles. The van der Waals surface area contributed by atoms with E-state index in [1.54, 1.807) is 40.0 Å². The van der Waals surface area contributed by atoms with Crippen LogP contribution in [0.25, 0.3) is 11.1 Å². The van der Waals surface area contributed by atoms with Crippen molar-refractivity contribution < 1.29 is 46.6 Å². The zero-order valence-corrected chi connectivity index (χ0v) is 26.0. The Morgan fingerprint density at radius 1 is 0.952 bits per heavy atom. The zero-order chi connectivity index (χ0) is 31.0. The molecule has 0 saturated heterocycles. The average Bonchev–Trinajstić information content (AvgIpc) is 3.29. The maximum atomic E-state index is 13.2. The largest absolute Gasteiger partial charge is 0.510 e. The number of ether oxygens (including phenoxy) is 4. The van der Waals surface area contributed by atoms with E-state index in [4.69, 9.17) is 32.4 Å². The summed E-state index contributed by atoms with van der Waals surface area (Å²) in [6, 6.07) is 1.89. The van der Waals surface area contributed by atoms with Crippen molar-refractivity contribution in [3.63, 3.8) is 0 Å². The lowest BCUT2D eigenvalue weighted by Crippen LogP contribution is -2.21. The highest BCUT2D eigenvalue weighted by Crippen LogP contribution is 2.48. The third-order valence-electron chi connectivity index (χ3n) is 5.62. The Kier molecular flexibility index (Phi) is 15.4. The molecule has 0 N–H and O–H groups in total. The van der Waals surface area contributed by atoms with Gasteiger partial charge in [-0.15, -0.1) is 0 Å². The van der Waals surface area contributed by atoms with Gasteiger partial charge in [0.25, 0.3) is 0 Å². The molecule has 2 heterocycles. The Balaban J connectivity index is 1.97. The number of carbonyl (C=O) groups excluding carboxylic acids is 2. The molecular formula is C28H43N2O11P. The fourth-order valence-corrected chi connectivity index (χ4v) is 4.75. The van der Waals surface area contributed by atoms with Gasteiger partial charge >= 0.3 is 25.6 Å². The quantitative estimate of drug-likeness (QED) is 0.0542. The lowest BCUT2D eigenvalue weighted by atomic mass is 10.1. The Bertz CT molecular complexity index is 1220. The smallest absolute Gasteiger partial charge is 0.443 e. The van der Waals surface area contributed by atoms with Crippen LogP contribution in [0.1, 0.15) is 78.9 Å². The summed E-state index contributed by atoms with van der Waals surface area (Å²) < 4.78 is 49.8.